The first-order valence-electron chi connectivity index (χ1n) is 12.4. The van der Waals surface area contributed by atoms with Gasteiger partial charge >= 0.3 is 0 Å². The van der Waals surface area contributed by atoms with Gasteiger partial charge in [0.05, 0.1) is 7.11 Å². The highest BCUT2D eigenvalue weighted by atomic mass is 79.9. The number of methoxy groups -OCH3 is 1. The average Bonchev–Trinajstić information content (AvgIpc) is 3.42. The van der Waals surface area contributed by atoms with Crippen LogP contribution in [0.3, 0.4) is 0 Å². The normalized spacial score (nSPS) is 15.7. The van der Waals surface area contributed by atoms with Gasteiger partial charge in [-0.2, -0.15) is 0 Å². The van der Waals surface area contributed by atoms with Crippen molar-refractivity contribution in [2.45, 2.75) is 32.3 Å². The van der Waals surface area contributed by atoms with Crippen LogP contribution in [-0.4, -0.2) is 38.3 Å². The molecule has 1 aliphatic carbocycles. The number of hydrogen-bond donors (Lipinski definition) is 0. The Kier molecular flexibility index (Phi) is 7.75. The van der Waals surface area contributed by atoms with E-state index >= 15 is 0 Å². The van der Waals surface area contributed by atoms with E-state index < -0.39 is 0 Å². The topological polar surface area (TPSA) is 30.9 Å². The molecule has 5 rings (SSSR count). The third-order valence-corrected chi connectivity index (χ3v) is 7.59. The van der Waals surface area contributed by atoms with Gasteiger partial charge in [0.2, 0.25) is 0 Å². The first-order chi connectivity index (χ1) is 17.2. The Morgan fingerprint density at radius 1 is 0.857 bits per heavy atom. The second kappa shape index (κ2) is 11.3. The largest absolute Gasteiger partial charge is 0.493 e. The number of fused-ring (bicyclic) bond motifs is 1. The Labute approximate surface area is 216 Å². The fraction of sp³-hybridized carbons (Fsp3) is 0.333. The monoisotopic (exact) mass is 533 g/mol. The highest BCUT2D eigenvalue weighted by Crippen LogP contribution is 2.43. The lowest BCUT2D eigenvalue weighted by atomic mass is 9.86. The molecule has 0 radical (unpaired) electrons. The minimum absolute atomic E-state index is 0.515. The molecule has 0 spiro atoms. The predicted octanol–water partition coefficient (Wildman–Crippen LogP) is 6.85. The summed E-state index contributed by atoms with van der Waals surface area (Å²) in [6, 6.07) is 22.9. The molecule has 5 heteroatoms. The molecule has 0 bridgehead atoms. The number of aryl methyl sites for hydroxylation is 1. The standard InChI is InChI=1S/C30H32BrNO3/c1-33-28-20-26-24(19-29(28)35-21-22-7-3-2-4-8-22)11-14-27(31)30(26)23-9-12-25(13-10-23)34-18-17-32-15-5-6-16-32/h2-4,7-10,12-13,19-20H,5-6,11,14-18,21H2,1H3. The maximum atomic E-state index is 6.17. The van der Waals surface area contributed by atoms with Gasteiger partial charge in [-0.05, 0) is 90.9 Å². The summed E-state index contributed by atoms with van der Waals surface area (Å²) in [4.78, 5) is 2.47. The van der Waals surface area contributed by atoms with Crippen molar-refractivity contribution in [3.63, 3.8) is 0 Å². The zero-order chi connectivity index (χ0) is 24.0. The van der Waals surface area contributed by atoms with E-state index in [2.05, 4.69) is 69.4 Å². The fourth-order valence-corrected chi connectivity index (χ4v) is 5.53. The first kappa shape index (κ1) is 24.0. The van der Waals surface area contributed by atoms with E-state index in [1.807, 2.05) is 18.2 Å². The molecule has 35 heavy (non-hydrogen) atoms. The van der Waals surface area contributed by atoms with Gasteiger partial charge in [-0.15, -0.1) is 0 Å². The van der Waals surface area contributed by atoms with E-state index in [-0.39, 0.29) is 0 Å². The maximum Gasteiger partial charge on any atom is 0.161 e. The van der Waals surface area contributed by atoms with Crippen molar-refractivity contribution in [2.75, 3.05) is 33.4 Å². The van der Waals surface area contributed by atoms with Crippen LogP contribution in [0, 0.1) is 0 Å². The molecule has 0 N–H and O–H groups in total. The lowest BCUT2D eigenvalue weighted by Gasteiger charge is -2.24. The Hall–Kier alpha value is -2.76. The lowest BCUT2D eigenvalue weighted by molar-refractivity contribution is 0.238. The SMILES string of the molecule is COc1cc2c(cc1OCc1ccccc1)CCC(Br)=C2c1ccc(OCCN2CCCC2)cc1. The Balaban J connectivity index is 1.33. The molecule has 0 saturated carbocycles. The van der Waals surface area contributed by atoms with Crippen LogP contribution in [0.15, 0.2) is 71.2 Å². The van der Waals surface area contributed by atoms with Crippen LogP contribution in [0.25, 0.3) is 5.57 Å². The lowest BCUT2D eigenvalue weighted by Crippen LogP contribution is -2.25. The van der Waals surface area contributed by atoms with Crippen molar-refractivity contribution >= 4 is 21.5 Å². The number of halogens is 1. The van der Waals surface area contributed by atoms with Gasteiger partial charge in [-0.1, -0.05) is 58.4 Å². The molecule has 3 aromatic carbocycles. The summed E-state index contributed by atoms with van der Waals surface area (Å²) in [5.41, 5.74) is 5.98. The quantitative estimate of drug-likeness (QED) is 0.301. The Bertz CT molecular complexity index is 1170. The summed E-state index contributed by atoms with van der Waals surface area (Å²) in [7, 11) is 1.70. The molecule has 1 aliphatic heterocycles. The summed E-state index contributed by atoms with van der Waals surface area (Å²) in [6.45, 7) is 4.65. The smallest absolute Gasteiger partial charge is 0.161 e. The second-order valence-electron chi connectivity index (χ2n) is 9.14. The number of ether oxygens (including phenoxy) is 3. The molecular formula is C30H32BrNO3. The average molecular weight is 534 g/mol. The second-order valence-corrected chi connectivity index (χ2v) is 10.1. The zero-order valence-electron chi connectivity index (χ0n) is 20.3. The minimum Gasteiger partial charge on any atom is -0.493 e. The molecule has 1 fully saturated rings. The molecule has 0 atom stereocenters. The molecule has 3 aromatic rings. The minimum atomic E-state index is 0.515. The summed E-state index contributed by atoms with van der Waals surface area (Å²) >= 11 is 3.86. The van der Waals surface area contributed by atoms with Gasteiger partial charge in [-0.3, -0.25) is 4.90 Å². The summed E-state index contributed by atoms with van der Waals surface area (Å²) in [6.07, 6.45) is 4.54. The van der Waals surface area contributed by atoms with Gasteiger partial charge < -0.3 is 14.2 Å². The van der Waals surface area contributed by atoms with Crippen LogP contribution in [0.4, 0.5) is 0 Å². The molecular weight excluding hydrogens is 502 g/mol. The molecule has 0 amide bonds. The van der Waals surface area contributed by atoms with Gasteiger partial charge in [0.25, 0.3) is 0 Å². The van der Waals surface area contributed by atoms with E-state index in [4.69, 9.17) is 14.2 Å². The van der Waals surface area contributed by atoms with Crippen LogP contribution in [0.5, 0.6) is 17.2 Å². The van der Waals surface area contributed by atoms with Crippen LogP contribution < -0.4 is 14.2 Å². The number of hydrogen-bond acceptors (Lipinski definition) is 4. The summed E-state index contributed by atoms with van der Waals surface area (Å²) < 4.78 is 19.1. The Morgan fingerprint density at radius 3 is 2.37 bits per heavy atom. The molecule has 1 heterocycles. The first-order valence-corrected chi connectivity index (χ1v) is 13.2. The van der Waals surface area contributed by atoms with Crippen LogP contribution in [-0.2, 0) is 13.0 Å². The Morgan fingerprint density at radius 2 is 1.63 bits per heavy atom. The number of allylic oxidation sites excluding steroid dienone is 1. The van der Waals surface area contributed by atoms with E-state index in [1.165, 1.54) is 52.7 Å². The van der Waals surface area contributed by atoms with Crippen LogP contribution in [0.2, 0.25) is 0 Å². The van der Waals surface area contributed by atoms with Gasteiger partial charge in [0, 0.05) is 11.0 Å². The van der Waals surface area contributed by atoms with E-state index in [9.17, 15) is 0 Å². The fourth-order valence-electron chi connectivity index (χ4n) is 4.89. The highest BCUT2D eigenvalue weighted by Gasteiger charge is 2.22. The van der Waals surface area contributed by atoms with Crippen LogP contribution >= 0.6 is 15.9 Å². The van der Waals surface area contributed by atoms with Crippen molar-refractivity contribution in [3.8, 4) is 17.2 Å². The number of benzene rings is 3. The highest BCUT2D eigenvalue weighted by molar-refractivity contribution is 9.11. The van der Waals surface area contributed by atoms with Gasteiger partial charge in [0.1, 0.15) is 19.0 Å². The summed E-state index contributed by atoms with van der Waals surface area (Å²) in [5, 5.41) is 0. The molecule has 182 valence electrons. The van der Waals surface area contributed by atoms with Crippen molar-refractivity contribution in [3.05, 3.63) is 93.5 Å². The van der Waals surface area contributed by atoms with Gasteiger partial charge in [0.15, 0.2) is 11.5 Å². The van der Waals surface area contributed by atoms with Crippen molar-refractivity contribution in [1.82, 2.24) is 4.90 Å². The number of nitrogens with zero attached hydrogens (tertiary/aromatic N) is 1. The number of rotatable bonds is 9. The van der Waals surface area contributed by atoms with E-state index in [0.717, 1.165) is 48.8 Å². The predicted molar refractivity (Wildman–Crippen MR) is 145 cm³/mol. The molecule has 0 unspecified atom stereocenters. The van der Waals surface area contributed by atoms with Crippen molar-refractivity contribution in [1.29, 1.82) is 0 Å². The maximum absolute atomic E-state index is 6.17. The van der Waals surface area contributed by atoms with Crippen molar-refractivity contribution in [2.24, 2.45) is 0 Å². The van der Waals surface area contributed by atoms with E-state index in [0.29, 0.717) is 6.61 Å². The molecule has 0 aromatic heterocycles. The molecule has 2 aliphatic rings. The van der Waals surface area contributed by atoms with E-state index in [1.54, 1.807) is 7.11 Å². The summed E-state index contributed by atoms with van der Waals surface area (Å²) in [5.74, 6) is 2.46. The zero-order valence-corrected chi connectivity index (χ0v) is 21.9. The molecule has 4 nitrogen and oxygen atoms in total. The number of likely N-dealkylation sites (tertiary alicyclic amines) is 1. The van der Waals surface area contributed by atoms with Crippen LogP contribution in [0.1, 0.15) is 41.5 Å². The molecule has 1 saturated heterocycles. The van der Waals surface area contributed by atoms with Crippen molar-refractivity contribution < 1.29 is 14.2 Å². The third-order valence-electron chi connectivity index (χ3n) is 6.80. The van der Waals surface area contributed by atoms with Gasteiger partial charge in [-0.25, -0.2) is 0 Å². The third kappa shape index (κ3) is 5.74.